The molecule has 0 bridgehead atoms. The highest BCUT2D eigenvalue weighted by Gasteiger charge is 2.27. The van der Waals surface area contributed by atoms with Crippen LogP contribution in [0.25, 0.3) is 5.69 Å². The number of hydrogen-bond donors (Lipinski definition) is 1. The molecule has 1 amide bonds. The van der Waals surface area contributed by atoms with E-state index in [0.717, 1.165) is 31.5 Å². The van der Waals surface area contributed by atoms with Crippen molar-refractivity contribution in [2.45, 2.75) is 31.7 Å². The third-order valence-electron chi connectivity index (χ3n) is 4.08. The molecule has 1 N–H and O–H groups in total. The molecule has 1 aliphatic heterocycles. The lowest BCUT2D eigenvalue weighted by Gasteiger charge is -2.35. The molecular formula is C16H20N4O2. The average Bonchev–Trinajstić information content (AvgIpc) is 3.10. The number of nitrogens with zero attached hydrogens (tertiary/aromatic N) is 4. The van der Waals surface area contributed by atoms with E-state index in [2.05, 4.69) is 10.1 Å². The summed E-state index contributed by atoms with van der Waals surface area (Å²) >= 11 is 0. The van der Waals surface area contributed by atoms with Crippen molar-refractivity contribution in [1.82, 2.24) is 19.7 Å². The van der Waals surface area contributed by atoms with E-state index in [4.69, 9.17) is 0 Å². The van der Waals surface area contributed by atoms with Gasteiger partial charge in [-0.15, -0.1) is 0 Å². The molecule has 6 nitrogen and oxygen atoms in total. The monoisotopic (exact) mass is 300 g/mol. The van der Waals surface area contributed by atoms with E-state index in [1.54, 1.807) is 23.1 Å². The first-order valence-corrected chi connectivity index (χ1v) is 7.67. The van der Waals surface area contributed by atoms with Crippen molar-refractivity contribution in [3.63, 3.8) is 0 Å². The molecule has 1 unspecified atom stereocenters. The second kappa shape index (κ2) is 6.70. The van der Waals surface area contributed by atoms with E-state index in [-0.39, 0.29) is 18.6 Å². The van der Waals surface area contributed by atoms with E-state index in [1.165, 1.54) is 0 Å². The number of pyridine rings is 1. The molecule has 3 heterocycles. The molecule has 2 aromatic heterocycles. The molecule has 22 heavy (non-hydrogen) atoms. The number of likely N-dealkylation sites (tertiary alicyclic amines) is 1. The van der Waals surface area contributed by atoms with Crippen LogP contribution in [-0.4, -0.2) is 49.9 Å². The highest BCUT2D eigenvalue weighted by atomic mass is 16.3. The summed E-state index contributed by atoms with van der Waals surface area (Å²) in [6.07, 6.45) is 8.86. The minimum Gasteiger partial charge on any atom is -0.396 e. The molecule has 0 aromatic carbocycles. The number of carbonyl (C=O) groups excluding carboxylic acids is 1. The zero-order valence-electron chi connectivity index (χ0n) is 12.4. The number of piperidine rings is 1. The molecule has 1 fully saturated rings. The Morgan fingerprint density at radius 2 is 2.27 bits per heavy atom. The molecule has 1 saturated heterocycles. The maximum atomic E-state index is 12.8. The molecular weight excluding hydrogens is 280 g/mol. The van der Waals surface area contributed by atoms with Gasteiger partial charge in [0.05, 0.1) is 5.69 Å². The summed E-state index contributed by atoms with van der Waals surface area (Å²) < 4.78 is 1.71. The molecule has 3 rings (SSSR count). The number of carbonyl (C=O) groups is 1. The topological polar surface area (TPSA) is 71.2 Å². The van der Waals surface area contributed by atoms with Gasteiger partial charge in [0.25, 0.3) is 5.91 Å². The van der Waals surface area contributed by atoms with Crippen LogP contribution >= 0.6 is 0 Å². The van der Waals surface area contributed by atoms with Crippen molar-refractivity contribution in [2.75, 3.05) is 13.2 Å². The molecule has 0 spiro atoms. The standard InChI is InChI=1S/C16H20N4O2/c21-11-6-13-4-1-2-9-19(13)16(22)15-12-14(5-8-17-15)20-10-3-7-18-20/h3,5,7-8,10,12-13,21H,1-2,4,6,9,11H2. The Morgan fingerprint density at radius 1 is 1.36 bits per heavy atom. The first-order chi connectivity index (χ1) is 10.8. The van der Waals surface area contributed by atoms with Crippen molar-refractivity contribution in [3.8, 4) is 5.69 Å². The number of aromatic nitrogens is 3. The number of amides is 1. The van der Waals surface area contributed by atoms with Crippen LogP contribution in [0.3, 0.4) is 0 Å². The van der Waals surface area contributed by atoms with Gasteiger partial charge in [-0.05, 0) is 43.9 Å². The van der Waals surface area contributed by atoms with Gasteiger partial charge >= 0.3 is 0 Å². The summed E-state index contributed by atoms with van der Waals surface area (Å²) in [5, 5.41) is 13.4. The van der Waals surface area contributed by atoms with E-state index in [1.807, 2.05) is 23.2 Å². The Hall–Kier alpha value is -2.21. The molecule has 1 atom stereocenters. The van der Waals surface area contributed by atoms with Crippen LogP contribution in [0.15, 0.2) is 36.8 Å². The second-order valence-corrected chi connectivity index (χ2v) is 5.51. The SMILES string of the molecule is O=C(c1cc(-n2cccn2)ccn1)N1CCCCC1CCO. The van der Waals surface area contributed by atoms with E-state index >= 15 is 0 Å². The van der Waals surface area contributed by atoms with Gasteiger partial charge in [0.15, 0.2) is 0 Å². The van der Waals surface area contributed by atoms with Crippen LogP contribution in [0.4, 0.5) is 0 Å². The molecule has 116 valence electrons. The Labute approximate surface area is 129 Å². The van der Waals surface area contributed by atoms with Crippen LogP contribution < -0.4 is 0 Å². The van der Waals surface area contributed by atoms with Gasteiger partial charge < -0.3 is 10.0 Å². The highest BCUT2D eigenvalue weighted by molar-refractivity contribution is 5.93. The number of rotatable bonds is 4. The predicted molar refractivity (Wildman–Crippen MR) is 81.7 cm³/mol. The lowest BCUT2D eigenvalue weighted by atomic mass is 9.99. The fraction of sp³-hybridized carbons (Fsp3) is 0.438. The number of aliphatic hydroxyl groups is 1. The summed E-state index contributed by atoms with van der Waals surface area (Å²) in [6.45, 7) is 0.840. The third-order valence-corrected chi connectivity index (χ3v) is 4.08. The normalized spacial score (nSPS) is 18.4. The molecule has 0 radical (unpaired) electrons. The van der Waals surface area contributed by atoms with E-state index < -0.39 is 0 Å². The Bertz CT molecular complexity index is 625. The molecule has 6 heteroatoms. The van der Waals surface area contributed by atoms with Crippen LogP contribution in [0.1, 0.15) is 36.2 Å². The lowest BCUT2D eigenvalue weighted by molar-refractivity contribution is 0.0568. The van der Waals surface area contributed by atoms with Crippen LogP contribution in [-0.2, 0) is 0 Å². The summed E-state index contributed by atoms with van der Waals surface area (Å²) in [5.41, 5.74) is 1.25. The van der Waals surface area contributed by atoms with Gasteiger partial charge in [-0.3, -0.25) is 9.78 Å². The first-order valence-electron chi connectivity index (χ1n) is 7.67. The minimum atomic E-state index is -0.0628. The predicted octanol–water partition coefficient (Wildman–Crippen LogP) is 1.64. The van der Waals surface area contributed by atoms with Crippen molar-refractivity contribution < 1.29 is 9.90 Å². The van der Waals surface area contributed by atoms with Crippen LogP contribution in [0.5, 0.6) is 0 Å². The maximum absolute atomic E-state index is 12.8. The fourth-order valence-electron chi connectivity index (χ4n) is 2.96. The second-order valence-electron chi connectivity index (χ2n) is 5.51. The summed E-state index contributed by atoms with van der Waals surface area (Å²) in [7, 11) is 0. The summed E-state index contributed by atoms with van der Waals surface area (Å²) in [5.74, 6) is -0.0628. The van der Waals surface area contributed by atoms with Crippen molar-refractivity contribution in [2.24, 2.45) is 0 Å². The maximum Gasteiger partial charge on any atom is 0.272 e. The van der Waals surface area contributed by atoms with Crippen molar-refractivity contribution in [1.29, 1.82) is 0 Å². The number of hydrogen-bond acceptors (Lipinski definition) is 4. The molecule has 0 aliphatic carbocycles. The van der Waals surface area contributed by atoms with Crippen LogP contribution in [0.2, 0.25) is 0 Å². The van der Waals surface area contributed by atoms with Crippen molar-refractivity contribution in [3.05, 3.63) is 42.5 Å². The zero-order chi connectivity index (χ0) is 15.4. The van der Waals surface area contributed by atoms with Gasteiger partial charge in [0.1, 0.15) is 5.69 Å². The summed E-state index contributed by atoms with van der Waals surface area (Å²) in [6, 6.07) is 5.54. The first kappa shape index (κ1) is 14.7. The third kappa shape index (κ3) is 3.01. The van der Waals surface area contributed by atoms with Gasteiger partial charge in [-0.2, -0.15) is 5.10 Å². The Kier molecular flexibility index (Phi) is 4.48. The minimum absolute atomic E-state index is 0.0628. The highest BCUT2D eigenvalue weighted by Crippen LogP contribution is 2.21. The molecule has 1 aliphatic rings. The van der Waals surface area contributed by atoms with Gasteiger partial charge in [0.2, 0.25) is 0 Å². The summed E-state index contributed by atoms with van der Waals surface area (Å²) in [4.78, 5) is 18.8. The Morgan fingerprint density at radius 3 is 3.05 bits per heavy atom. The largest absolute Gasteiger partial charge is 0.396 e. The smallest absolute Gasteiger partial charge is 0.272 e. The zero-order valence-corrected chi connectivity index (χ0v) is 12.4. The molecule has 0 saturated carbocycles. The van der Waals surface area contributed by atoms with E-state index in [9.17, 15) is 9.90 Å². The van der Waals surface area contributed by atoms with Gasteiger partial charge in [-0.1, -0.05) is 0 Å². The van der Waals surface area contributed by atoms with Gasteiger partial charge in [-0.25, -0.2) is 4.68 Å². The number of aliphatic hydroxyl groups excluding tert-OH is 1. The lowest BCUT2D eigenvalue weighted by Crippen LogP contribution is -2.44. The molecule has 2 aromatic rings. The van der Waals surface area contributed by atoms with E-state index in [0.29, 0.717) is 12.1 Å². The van der Waals surface area contributed by atoms with Crippen molar-refractivity contribution >= 4 is 5.91 Å². The van der Waals surface area contributed by atoms with Gasteiger partial charge in [0, 0.05) is 37.8 Å². The van der Waals surface area contributed by atoms with Crippen LogP contribution in [0, 0.1) is 0 Å². The average molecular weight is 300 g/mol. The Balaban J connectivity index is 1.83. The quantitative estimate of drug-likeness (QED) is 0.932. The fourth-order valence-corrected chi connectivity index (χ4v) is 2.96.